The summed E-state index contributed by atoms with van der Waals surface area (Å²) in [6.45, 7) is 1.87. The lowest BCUT2D eigenvalue weighted by Crippen LogP contribution is -2.39. The fourth-order valence-electron chi connectivity index (χ4n) is 4.09. The lowest BCUT2D eigenvalue weighted by molar-refractivity contribution is 0.0853. The van der Waals surface area contributed by atoms with E-state index < -0.39 is 12.1 Å². The zero-order valence-electron chi connectivity index (χ0n) is 20.0. The molecule has 1 amide bonds. The number of nitrogens with zero attached hydrogens (tertiary/aromatic N) is 2. The number of fused-ring (bicyclic) bond motifs is 1. The maximum Gasteiger partial charge on any atom is 0.287 e. The van der Waals surface area contributed by atoms with Crippen LogP contribution in [0, 0.1) is 5.82 Å². The molecule has 2 aromatic heterocycles. The molecule has 0 fully saturated rings. The number of carbonyl (C=O) groups excluding carboxylic acids is 1. The second kappa shape index (κ2) is 10.5. The summed E-state index contributed by atoms with van der Waals surface area (Å²) < 4.78 is 32.8. The van der Waals surface area contributed by atoms with Gasteiger partial charge in [0.1, 0.15) is 23.4 Å². The zero-order chi connectivity index (χ0) is 25.9. The predicted molar refractivity (Wildman–Crippen MR) is 141 cm³/mol. The number of benzene rings is 3. The number of hydrogen-bond donors (Lipinski definition) is 1. The summed E-state index contributed by atoms with van der Waals surface area (Å²) in [5.41, 5.74) is 2.43. The van der Waals surface area contributed by atoms with Crippen LogP contribution in [0.4, 0.5) is 4.39 Å². The van der Waals surface area contributed by atoms with Crippen LogP contribution in [0.3, 0.4) is 0 Å². The van der Waals surface area contributed by atoms with Crippen LogP contribution in [0.2, 0.25) is 0 Å². The number of ether oxygens (including phenoxy) is 2. The fraction of sp³-hybridized carbons (Fsp3) is 0.143. The van der Waals surface area contributed by atoms with E-state index in [0.29, 0.717) is 16.2 Å². The normalized spacial score (nSPS) is 12.8. The molecule has 0 spiro atoms. The molecule has 0 saturated carbocycles. The van der Waals surface area contributed by atoms with Gasteiger partial charge in [0.15, 0.2) is 10.4 Å². The van der Waals surface area contributed by atoms with Gasteiger partial charge in [-0.05, 0) is 95.1 Å². The zero-order valence-corrected chi connectivity index (χ0v) is 21.6. The second-order valence-electron chi connectivity index (χ2n) is 8.43. The first-order valence-corrected chi connectivity index (χ1v) is 12.3. The van der Waals surface area contributed by atoms with Crippen LogP contribution >= 0.6 is 15.9 Å². The number of nitrogens with one attached hydrogen (secondary N) is 1. The Kier molecular flexibility index (Phi) is 6.96. The van der Waals surface area contributed by atoms with Crippen molar-refractivity contribution in [1.82, 2.24) is 15.1 Å². The predicted octanol–water partition coefficient (Wildman–Crippen LogP) is 6.47. The third kappa shape index (κ3) is 5.36. The minimum Gasteiger partial charge on any atom is -0.497 e. The molecule has 5 rings (SSSR count). The maximum absolute atomic E-state index is 13.4. The topological polar surface area (TPSA) is 78.5 Å². The van der Waals surface area contributed by atoms with E-state index in [9.17, 15) is 9.18 Å². The highest BCUT2D eigenvalue weighted by Gasteiger charge is 2.25. The van der Waals surface area contributed by atoms with Crippen molar-refractivity contribution in [3.63, 3.8) is 0 Å². The van der Waals surface area contributed by atoms with Crippen LogP contribution in [0.1, 0.15) is 29.1 Å². The van der Waals surface area contributed by atoms with Crippen LogP contribution < -0.4 is 14.8 Å². The Morgan fingerprint density at radius 2 is 1.86 bits per heavy atom. The lowest BCUT2D eigenvalue weighted by atomic mass is 10.0. The molecule has 0 radical (unpaired) electrons. The third-order valence-electron chi connectivity index (χ3n) is 5.91. The van der Waals surface area contributed by atoms with E-state index in [0.717, 1.165) is 22.2 Å². The fourth-order valence-corrected chi connectivity index (χ4v) is 4.39. The van der Waals surface area contributed by atoms with E-state index in [-0.39, 0.29) is 17.5 Å². The molecule has 2 heterocycles. The number of hydrogen-bond acceptors (Lipinski definition) is 5. The molecule has 0 bridgehead atoms. The van der Waals surface area contributed by atoms with Gasteiger partial charge >= 0.3 is 0 Å². The van der Waals surface area contributed by atoms with Crippen molar-refractivity contribution in [2.75, 3.05) is 7.11 Å². The summed E-state index contributed by atoms with van der Waals surface area (Å²) >= 11 is 3.22. The minimum absolute atomic E-state index is 0.192. The highest BCUT2D eigenvalue weighted by Crippen LogP contribution is 2.30. The largest absolute Gasteiger partial charge is 0.497 e. The number of halogens is 2. The molecular formula is C28H23BrFN3O4. The molecule has 0 unspecified atom stereocenters. The Bertz CT molecular complexity index is 1550. The van der Waals surface area contributed by atoms with E-state index in [1.54, 1.807) is 42.3 Å². The van der Waals surface area contributed by atoms with Gasteiger partial charge in [0.2, 0.25) is 0 Å². The van der Waals surface area contributed by atoms with Gasteiger partial charge < -0.3 is 19.2 Å². The smallest absolute Gasteiger partial charge is 0.287 e. The van der Waals surface area contributed by atoms with Crippen molar-refractivity contribution < 1.29 is 23.1 Å². The molecule has 0 aliphatic carbocycles. The average Bonchev–Trinajstić information content (AvgIpc) is 3.54. The van der Waals surface area contributed by atoms with E-state index in [1.165, 1.54) is 12.1 Å². The number of aromatic nitrogens is 2. The average molecular weight is 564 g/mol. The number of furan rings is 1. The summed E-state index contributed by atoms with van der Waals surface area (Å²) in [7, 11) is 1.60. The second-order valence-corrected chi connectivity index (χ2v) is 9.22. The molecule has 7 nitrogen and oxygen atoms in total. The Hall–Kier alpha value is -4.11. The summed E-state index contributed by atoms with van der Waals surface area (Å²) in [4.78, 5) is 12.8. The number of amides is 1. The molecular weight excluding hydrogens is 541 g/mol. The number of methoxy groups -OCH3 is 1. The van der Waals surface area contributed by atoms with Gasteiger partial charge in [-0.1, -0.05) is 12.1 Å². The lowest BCUT2D eigenvalue weighted by Gasteiger charge is -2.26. The summed E-state index contributed by atoms with van der Waals surface area (Å²) in [6, 6.07) is 22.1. The van der Waals surface area contributed by atoms with Gasteiger partial charge in [0, 0.05) is 5.39 Å². The Labute approximate surface area is 220 Å². The molecule has 188 valence electrons. The Morgan fingerprint density at radius 1 is 1.05 bits per heavy atom. The summed E-state index contributed by atoms with van der Waals surface area (Å²) in [5, 5.41) is 8.27. The summed E-state index contributed by atoms with van der Waals surface area (Å²) in [6.07, 6.45) is 1.19. The van der Waals surface area contributed by atoms with Gasteiger partial charge in [-0.15, -0.1) is 0 Å². The van der Waals surface area contributed by atoms with E-state index >= 15 is 0 Å². The SMILES string of the molecule is COc1cccc([C@H](Oc2ccc3c(cnn3-c3ccc(F)cc3)c2)[C@H](C)NC(=O)c2ccc(Br)o2)c1. The molecule has 0 aliphatic rings. The first-order chi connectivity index (χ1) is 17.9. The van der Waals surface area contributed by atoms with Crippen molar-refractivity contribution in [2.45, 2.75) is 19.1 Å². The summed E-state index contributed by atoms with van der Waals surface area (Å²) in [5.74, 6) is 0.806. The van der Waals surface area contributed by atoms with Gasteiger partial charge in [0.25, 0.3) is 5.91 Å². The van der Waals surface area contributed by atoms with Crippen LogP contribution in [0.5, 0.6) is 11.5 Å². The molecule has 2 atom stereocenters. The van der Waals surface area contributed by atoms with Crippen LogP contribution in [-0.4, -0.2) is 28.8 Å². The van der Waals surface area contributed by atoms with Gasteiger partial charge in [0.05, 0.1) is 30.6 Å². The van der Waals surface area contributed by atoms with Crippen LogP contribution in [-0.2, 0) is 0 Å². The van der Waals surface area contributed by atoms with Crippen molar-refractivity contribution in [3.8, 4) is 17.2 Å². The standard InChI is InChI=1S/C28H23BrFN3O4/c1-17(32-28(34)25-12-13-26(29)37-25)27(18-4-3-5-22(14-18)35-2)36-23-10-11-24-19(15-23)16-31-33(24)21-8-6-20(30)7-9-21/h3-17,27H,1-2H3,(H,32,34)/t17-,27+/m0/s1. The van der Waals surface area contributed by atoms with E-state index in [4.69, 9.17) is 13.9 Å². The highest BCUT2D eigenvalue weighted by molar-refractivity contribution is 9.10. The van der Waals surface area contributed by atoms with Crippen LogP contribution in [0.15, 0.2) is 94.1 Å². The molecule has 0 saturated heterocycles. The third-order valence-corrected chi connectivity index (χ3v) is 6.33. The van der Waals surface area contributed by atoms with E-state index in [1.807, 2.05) is 49.4 Å². The molecule has 9 heteroatoms. The quantitative estimate of drug-likeness (QED) is 0.234. The molecule has 37 heavy (non-hydrogen) atoms. The molecule has 1 N–H and O–H groups in total. The molecule has 5 aromatic rings. The van der Waals surface area contributed by atoms with Crippen molar-refractivity contribution in [2.24, 2.45) is 0 Å². The minimum atomic E-state index is -0.540. The Morgan fingerprint density at radius 3 is 2.59 bits per heavy atom. The van der Waals surface area contributed by atoms with Gasteiger partial charge in [-0.2, -0.15) is 5.10 Å². The van der Waals surface area contributed by atoms with E-state index in [2.05, 4.69) is 26.3 Å². The van der Waals surface area contributed by atoms with Crippen molar-refractivity contribution >= 4 is 32.7 Å². The van der Waals surface area contributed by atoms with Crippen molar-refractivity contribution in [3.05, 3.63) is 107 Å². The highest BCUT2D eigenvalue weighted by atomic mass is 79.9. The van der Waals surface area contributed by atoms with Gasteiger partial charge in [-0.25, -0.2) is 9.07 Å². The number of rotatable bonds is 8. The molecule has 0 aliphatic heterocycles. The van der Waals surface area contributed by atoms with Crippen molar-refractivity contribution in [1.29, 1.82) is 0 Å². The maximum atomic E-state index is 13.4. The number of carbonyl (C=O) groups is 1. The van der Waals surface area contributed by atoms with Crippen LogP contribution in [0.25, 0.3) is 16.6 Å². The van der Waals surface area contributed by atoms with Gasteiger partial charge in [-0.3, -0.25) is 4.79 Å². The first-order valence-electron chi connectivity index (χ1n) is 11.5. The Balaban J connectivity index is 1.44. The monoisotopic (exact) mass is 563 g/mol. The molecule has 3 aromatic carbocycles. The first kappa shape index (κ1) is 24.6.